The summed E-state index contributed by atoms with van der Waals surface area (Å²) in [5.41, 5.74) is 1.54. The number of carbonyl (C=O) groups is 2. The van der Waals surface area contributed by atoms with E-state index in [-0.39, 0.29) is 23.7 Å². The summed E-state index contributed by atoms with van der Waals surface area (Å²) in [5.74, 6) is -1.47. The summed E-state index contributed by atoms with van der Waals surface area (Å²) in [6.45, 7) is -0.615. The van der Waals surface area contributed by atoms with Crippen LogP contribution in [0.3, 0.4) is 0 Å². The zero-order valence-electron chi connectivity index (χ0n) is 19.9. The molecule has 0 aliphatic heterocycles. The van der Waals surface area contributed by atoms with Crippen molar-refractivity contribution in [2.45, 2.75) is 19.0 Å². The van der Waals surface area contributed by atoms with Gasteiger partial charge < -0.3 is 10.2 Å². The van der Waals surface area contributed by atoms with E-state index in [2.05, 4.69) is 5.32 Å². The Morgan fingerprint density at radius 1 is 0.944 bits per heavy atom. The number of nitrogens with zero attached hydrogens (tertiary/aromatic N) is 2. The average Bonchev–Trinajstić information content (AvgIpc) is 2.85. The first kappa shape index (κ1) is 27.2. The first-order chi connectivity index (χ1) is 17.1. The molecule has 2 amide bonds. The van der Waals surface area contributed by atoms with Crippen LogP contribution in [0.1, 0.15) is 11.1 Å². The van der Waals surface area contributed by atoms with Gasteiger partial charge in [-0.2, -0.15) is 0 Å². The van der Waals surface area contributed by atoms with Gasteiger partial charge in [0.05, 0.1) is 17.0 Å². The highest BCUT2D eigenvalue weighted by molar-refractivity contribution is 7.92. The number of rotatable bonds is 10. The molecule has 0 saturated heterocycles. The number of sulfonamides is 1. The van der Waals surface area contributed by atoms with E-state index in [1.807, 2.05) is 30.3 Å². The van der Waals surface area contributed by atoms with Gasteiger partial charge in [0.2, 0.25) is 21.8 Å². The summed E-state index contributed by atoms with van der Waals surface area (Å²) in [5, 5.41) is 2.75. The van der Waals surface area contributed by atoms with Gasteiger partial charge in [-0.3, -0.25) is 13.9 Å². The van der Waals surface area contributed by atoms with Crippen LogP contribution < -0.4 is 9.62 Å². The molecule has 0 aliphatic carbocycles. The molecule has 0 radical (unpaired) electrons. The van der Waals surface area contributed by atoms with Crippen molar-refractivity contribution in [2.75, 3.05) is 24.2 Å². The smallest absolute Gasteiger partial charge is 0.244 e. The summed E-state index contributed by atoms with van der Waals surface area (Å²) in [6, 6.07) is 20.0. The predicted molar refractivity (Wildman–Crippen MR) is 139 cm³/mol. The van der Waals surface area contributed by atoms with E-state index < -0.39 is 40.2 Å². The third kappa shape index (κ3) is 7.05. The number of nitrogens with one attached hydrogen (secondary N) is 1. The van der Waals surface area contributed by atoms with Crippen LogP contribution in [0.4, 0.5) is 10.1 Å². The minimum atomic E-state index is -3.91. The third-order valence-corrected chi connectivity index (χ3v) is 7.03. The van der Waals surface area contributed by atoms with Gasteiger partial charge in [-0.25, -0.2) is 12.8 Å². The number of halogens is 2. The molecule has 0 bridgehead atoms. The van der Waals surface area contributed by atoms with Crippen molar-refractivity contribution in [1.29, 1.82) is 0 Å². The van der Waals surface area contributed by atoms with Crippen molar-refractivity contribution in [3.63, 3.8) is 0 Å². The molecule has 3 rings (SSSR count). The summed E-state index contributed by atoms with van der Waals surface area (Å²) >= 11 is 6.24. The van der Waals surface area contributed by atoms with Gasteiger partial charge in [0.15, 0.2) is 0 Å². The average molecular weight is 532 g/mol. The van der Waals surface area contributed by atoms with E-state index in [9.17, 15) is 22.4 Å². The zero-order chi connectivity index (χ0) is 26.3. The second-order valence-corrected chi connectivity index (χ2v) is 10.5. The SMILES string of the molecule is CNC(=O)C(Cc1ccccc1)N(Cc1ccc(F)cc1)C(=O)CN(c1ccccc1Cl)S(C)(=O)=O. The topological polar surface area (TPSA) is 86.8 Å². The van der Waals surface area contributed by atoms with E-state index in [0.717, 1.165) is 16.1 Å². The molecule has 1 atom stereocenters. The lowest BCUT2D eigenvalue weighted by atomic mass is 10.0. The fourth-order valence-corrected chi connectivity index (χ4v) is 4.91. The van der Waals surface area contributed by atoms with Crippen LogP contribution in [0.5, 0.6) is 0 Å². The van der Waals surface area contributed by atoms with Crippen LogP contribution in [0.15, 0.2) is 78.9 Å². The van der Waals surface area contributed by atoms with Gasteiger partial charge in [-0.05, 0) is 35.4 Å². The number of benzene rings is 3. The molecule has 3 aromatic carbocycles. The number of hydrogen-bond acceptors (Lipinski definition) is 4. The Kier molecular flexibility index (Phi) is 9.06. The Morgan fingerprint density at radius 3 is 2.14 bits per heavy atom. The maximum Gasteiger partial charge on any atom is 0.244 e. The number of likely N-dealkylation sites (N-methyl/N-ethyl adjacent to an activating group) is 1. The summed E-state index contributed by atoms with van der Waals surface area (Å²) in [7, 11) is -2.44. The fraction of sp³-hybridized carbons (Fsp3) is 0.231. The number of para-hydroxylation sites is 1. The highest BCUT2D eigenvalue weighted by Gasteiger charge is 2.33. The van der Waals surface area contributed by atoms with Crippen molar-refractivity contribution in [3.05, 3.63) is 101 Å². The normalized spacial score (nSPS) is 12.0. The van der Waals surface area contributed by atoms with Gasteiger partial charge >= 0.3 is 0 Å². The van der Waals surface area contributed by atoms with Crippen molar-refractivity contribution < 1.29 is 22.4 Å². The second kappa shape index (κ2) is 12.0. The molecule has 10 heteroatoms. The first-order valence-corrected chi connectivity index (χ1v) is 13.3. The molecule has 3 aromatic rings. The molecule has 36 heavy (non-hydrogen) atoms. The van der Waals surface area contributed by atoms with E-state index in [1.165, 1.54) is 48.3 Å². The Labute approximate surface area is 215 Å². The number of carbonyl (C=O) groups excluding carboxylic acids is 2. The van der Waals surface area contributed by atoms with E-state index >= 15 is 0 Å². The van der Waals surface area contributed by atoms with E-state index in [4.69, 9.17) is 11.6 Å². The van der Waals surface area contributed by atoms with Crippen LogP contribution in [-0.4, -0.2) is 51.0 Å². The van der Waals surface area contributed by atoms with Crippen molar-refractivity contribution >= 4 is 39.1 Å². The molecule has 1 N–H and O–H groups in total. The maximum atomic E-state index is 13.7. The lowest BCUT2D eigenvalue weighted by Crippen LogP contribution is -2.52. The van der Waals surface area contributed by atoms with Crippen LogP contribution in [0, 0.1) is 5.82 Å². The van der Waals surface area contributed by atoms with Crippen LogP contribution in [0.2, 0.25) is 5.02 Å². The van der Waals surface area contributed by atoms with Crippen LogP contribution >= 0.6 is 11.6 Å². The van der Waals surface area contributed by atoms with Gasteiger partial charge in [0, 0.05) is 20.0 Å². The summed E-state index contributed by atoms with van der Waals surface area (Å²) in [6.07, 6.45) is 1.17. The Balaban J connectivity index is 2.03. The predicted octanol–water partition coefficient (Wildman–Crippen LogP) is 3.63. The van der Waals surface area contributed by atoms with Gasteiger partial charge in [-0.15, -0.1) is 0 Å². The standard InChI is InChI=1S/C26H27ClFN3O4S/c1-29-26(33)24(16-19-8-4-3-5-9-19)30(17-20-12-14-21(28)15-13-20)25(32)18-31(36(2,34)35)23-11-7-6-10-22(23)27/h3-15,24H,16-18H2,1-2H3,(H,29,33). The minimum Gasteiger partial charge on any atom is -0.357 e. The number of anilines is 1. The highest BCUT2D eigenvalue weighted by atomic mass is 35.5. The molecule has 0 aliphatic rings. The van der Waals surface area contributed by atoms with Crippen LogP contribution in [0.25, 0.3) is 0 Å². The molecule has 7 nitrogen and oxygen atoms in total. The summed E-state index contributed by atoms with van der Waals surface area (Å²) in [4.78, 5) is 28.0. The molecule has 0 spiro atoms. The molecule has 0 fully saturated rings. The Morgan fingerprint density at radius 2 is 1.56 bits per heavy atom. The lowest BCUT2D eigenvalue weighted by Gasteiger charge is -2.33. The quantitative estimate of drug-likeness (QED) is 0.433. The van der Waals surface area contributed by atoms with Crippen molar-refractivity contribution in [3.8, 4) is 0 Å². The fourth-order valence-electron chi connectivity index (χ4n) is 3.76. The Bertz CT molecular complexity index is 1300. The molecule has 0 heterocycles. The lowest BCUT2D eigenvalue weighted by molar-refractivity contribution is -0.139. The van der Waals surface area contributed by atoms with E-state index in [1.54, 1.807) is 12.1 Å². The van der Waals surface area contributed by atoms with Crippen molar-refractivity contribution in [2.24, 2.45) is 0 Å². The number of amides is 2. The van der Waals surface area contributed by atoms with Gasteiger partial charge in [-0.1, -0.05) is 66.2 Å². The Hall–Kier alpha value is -3.43. The molecule has 190 valence electrons. The van der Waals surface area contributed by atoms with Gasteiger partial charge in [0.25, 0.3) is 0 Å². The molecular weight excluding hydrogens is 505 g/mol. The largest absolute Gasteiger partial charge is 0.357 e. The minimum absolute atomic E-state index is 0.0375. The van der Waals surface area contributed by atoms with Crippen LogP contribution in [-0.2, 0) is 32.6 Å². The van der Waals surface area contributed by atoms with Crippen molar-refractivity contribution in [1.82, 2.24) is 10.2 Å². The maximum absolute atomic E-state index is 13.7. The summed E-state index contributed by atoms with van der Waals surface area (Å²) < 4.78 is 39.8. The monoisotopic (exact) mass is 531 g/mol. The van der Waals surface area contributed by atoms with Gasteiger partial charge in [0.1, 0.15) is 18.4 Å². The molecular formula is C26H27ClFN3O4S. The number of hydrogen-bond donors (Lipinski definition) is 1. The molecule has 1 unspecified atom stereocenters. The highest BCUT2D eigenvalue weighted by Crippen LogP contribution is 2.27. The third-order valence-electron chi connectivity index (χ3n) is 5.58. The zero-order valence-corrected chi connectivity index (χ0v) is 21.5. The molecule has 0 saturated carbocycles. The molecule has 0 aromatic heterocycles. The first-order valence-electron chi connectivity index (χ1n) is 11.1. The second-order valence-electron chi connectivity index (χ2n) is 8.19. The van der Waals surface area contributed by atoms with E-state index in [0.29, 0.717) is 5.56 Å².